The van der Waals surface area contributed by atoms with Gasteiger partial charge in [0.05, 0.1) is 16.5 Å². The third-order valence-corrected chi connectivity index (χ3v) is 5.93. The highest BCUT2D eigenvalue weighted by Crippen LogP contribution is 2.29. The Morgan fingerprint density at radius 1 is 1.38 bits per heavy atom. The Kier molecular flexibility index (Phi) is 2.96. The van der Waals surface area contributed by atoms with Gasteiger partial charge in [-0.05, 0) is 32.1 Å². The molecule has 1 aliphatic carbocycles. The predicted molar refractivity (Wildman–Crippen MR) is 60.6 cm³/mol. The molecule has 3 N–H and O–H groups in total. The van der Waals surface area contributed by atoms with Crippen molar-refractivity contribution in [1.82, 2.24) is 5.32 Å². The van der Waals surface area contributed by atoms with Crippen molar-refractivity contribution in [3.63, 3.8) is 0 Å². The average molecular weight is 246 g/mol. The van der Waals surface area contributed by atoms with E-state index in [0.29, 0.717) is 25.7 Å². The molecular formula is C10H18N2O3S. The van der Waals surface area contributed by atoms with E-state index in [2.05, 4.69) is 5.32 Å². The van der Waals surface area contributed by atoms with Gasteiger partial charge >= 0.3 is 0 Å². The molecule has 1 saturated carbocycles. The van der Waals surface area contributed by atoms with Crippen LogP contribution >= 0.6 is 0 Å². The van der Waals surface area contributed by atoms with Gasteiger partial charge in [-0.15, -0.1) is 0 Å². The zero-order chi connectivity index (χ0) is 11.8. The molecule has 6 heteroatoms. The molecule has 2 aliphatic rings. The Hall–Kier alpha value is -0.620. The van der Waals surface area contributed by atoms with Gasteiger partial charge in [-0.2, -0.15) is 0 Å². The Bertz CT molecular complexity index is 387. The topological polar surface area (TPSA) is 89.3 Å². The number of amides is 1. The van der Waals surface area contributed by atoms with Crippen LogP contribution in [0.4, 0.5) is 0 Å². The average Bonchev–Trinajstić information content (AvgIpc) is 2.50. The first-order valence-corrected chi connectivity index (χ1v) is 7.44. The highest BCUT2D eigenvalue weighted by molar-refractivity contribution is 7.92. The molecule has 1 saturated heterocycles. The highest BCUT2D eigenvalue weighted by Gasteiger charge is 2.41. The SMILES string of the molecule is NC1(C(=O)NCC2CCCS2(=O)=O)CCC1. The van der Waals surface area contributed by atoms with Crippen molar-refractivity contribution < 1.29 is 13.2 Å². The summed E-state index contributed by atoms with van der Waals surface area (Å²) < 4.78 is 23.0. The van der Waals surface area contributed by atoms with Crippen LogP contribution in [-0.4, -0.2) is 37.4 Å². The molecule has 0 aromatic rings. The lowest BCUT2D eigenvalue weighted by Crippen LogP contribution is -2.59. The van der Waals surface area contributed by atoms with Crippen molar-refractivity contribution in [1.29, 1.82) is 0 Å². The van der Waals surface area contributed by atoms with Gasteiger partial charge < -0.3 is 11.1 Å². The summed E-state index contributed by atoms with van der Waals surface area (Å²) in [4.78, 5) is 11.7. The second-order valence-corrected chi connectivity index (χ2v) is 7.25. The highest BCUT2D eigenvalue weighted by atomic mass is 32.2. The minimum absolute atomic E-state index is 0.194. The number of carbonyl (C=O) groups excluding carboxylic acids is 1. The van der Waals surface area contributed by atoms with Crippen LogP contribution in [0.15, 0.2) is 0 Å². The van der Waals surface area contributed by atoms with Crippen molar-refractivity contribution in [3.05, 3.63) is 0 Å². The van der Waals surface area contributed by atoms with Crippen molar-refractivity contribution in [2.45, 2.75) is 42.9 Å². The maximum absolute atomic E-state index is 11.7. The van der Waals surface area contributed by atoms with Crippen LogP contribution in [0.2, 0.25) is 0 Å². The molecule has 2 fully saturated rings. The number of rotatable bonds is 3. The maximum Gasteiger partial charge on any atom is 0.240 e. The summed E-state index contributed by atoms with van der Waals surface area (Å²) in [5.74, 6) is 0.0576. The van der Waals surface area contributed by atoms with E-state index in [4.69, 9.17) is 5.73 Å². The lowest BCUT2D eigenvalue weighted by atomic mass is 9.77. The van der Waals surface area contributed by atoms with Gasteiger partial charge in [0.15, 0.2) is 9.84 Å². The largest absolute Gasteiger partial charge is 0.353 e. The molecule has 16 heavy (non-hydrogen) atoms. The number of hydrogen-bond acceptors (Lipinski definition) is 4. The molecule has 1 atom stereocenters. The normalized spacial score (nSPS) is 30.7. The fraction of sp³-hybridized carbons (Fsp3) is 0.900. The van der Waals surface area contributed by atoms with E-state index in [9.17, 15) is 13.2 Å². The molecule has 0 bridgehead atoms. The third-order valence-electron chi connectivity index (χ3n) is 3.65. The Labute approximate surface area is 95.7 Å². The van der Waals surface area contributed by atoms with Crippen molar-refractivity contribution in [2.75, 3.05) is 12.3 Å². The molecular weight excluding hydrogens is 228 g/mol. The molecule has 0 spiro atoms. The molecule has 0 radical (unpaired) electrons. The molecule has 1 amide bonds. The second kappa shape index (κ2) is 4.00. The number of hydrogen-bond donors (Lipinski definition) is 2. The van der Waals surface area contributed by atoms with E-state index in [1.807, 2.05) is 0 Å². The van der Waals surface area contributed by atoms with Crippen LogP contribution in [0.5, 0.6) is 0 Å². The van der Waals surface area contributed by atoms with E-state index in [1.165, 1.54) is 0 Å². The van der Waals surface area contributed by atoms with Gasteiger partial charge in [-0.3, -0.25) is 4.79 Å². The second-order valence-electron chi connectivity index (χ2n) is 4.85. The van der Waals surface area contributed by atoms with Crippen LogP contribution < -0.4 is 11.1 Å². The van der Waals surface area contributed by atoms with Gasteiger partial charge in [0.1, 0.15) is 0 Å². The van der Waals surface area contributed by atoms with Crippen molar-refractivity contribution in [3.8, 4) is 0 Å². The van der Waals surface area contributed by atoms with Crippen LogP contribution in [-0.2, 0) is 14.6 Å². The van der Waals surface area contributed by atoms with Gasteiger partial charge in [0.2, 0.25) is 5.91 Å². The first kappa shape index (κ1) is 11.9. The summed E-state index contributed by atoms with van der Waals surface area (Å²) >= 11 is 0. The van der Waals surface area contributed by atoms with Crippen molar-refractivity contribution >= 4 is 15.7 Å². The number of nitrogens with one attached hydrogen (secondary N) is 1. The van der Waals surface area contributed by atoms with Gasteiger partial charge in [0.25, 0.3) is 0 Å². The molecule has 92 valence electrons. The van der Waals surface area contributed by atoms with Crippen LogP contribution in [0, 0.1) is 0 Å². The maximum atomic E-state index is 11.7. The Balaban J connectivity index is 1.86. The zero-order valence-electron chi connectivity index (χ0n) is 9.24. The first-order valence-electron chi connectivity index (χ1n) is 5.73. The first-order chi connectivity index (χ1) is 7.44. The summed E-state index contributed by atoms with van der Waals surface area (Å²) in [6, 6.07) is 0. The summed E-state index contributed by atoms with van der Waals surface area (Å²) in [5.41, 5.74) is 5.10. The van der Waals surface area contributed by atoms with Gasteiger partial charge in [-0.1, -0.05) is 0 Å². The zero-order valence-corrected chi connectivity index (χ0v) is 10.1. The lowest BCUT2D eigenvalue weighted by molar-refractivity contribution is -0.129. The molecule has 1 heterocycles. The standard InChI is InChI=1S/C10H18N2O3S/c11-10(4-2-5-10)9(13)12-7-8-3-1-6-16(8,14)15/h8H,1-7,11H2,(H,12,13). The number of carbonyl (C=O) groups is 1. The van der Waals surface area contributed by atoms with Crippen molar-refractivity contribution in [2.24, 2.45) is 5.73 Å². The summed E-state index contributed by atoms with van der Waals surface area (Å²) in [6.07, 6.45) is 3.75. The predicted octanol–water partition coefficient (Wildman–Crippen LogP) is -0.439. The van der Waals surface area contributed by atoms with E-state index in [1.54, 1.807) is 0 Å². The lowest BCUT2D eigenvalue weighted by Gasteiger charge is -2.36. The Morgan fingerprint density at radius 3 is 2.50 bits per heavy atom. The number of sulfone groups is 1. The summed E-state index contributed by atoms with van der Waals surface area (Å²) in [7, 11) is -2.97. The van der Waals surface area contributed by atoms with Crippen LogP contribution in [0.25, 0.3) is 0 Å². The number of nitrogens with two attached hydrogens (primary N) is 1. The van der Waals surface area contributed by atoms with E-state index in [0.717, 1.165) is 6.42 Å². The molecule has 1 aliphatic heterocycles. The van der Waals surface area contributed by atoms with Crippen LogP contribution in [0.1, 0.15) is 32.1 Å². The molecule has 0 aromatic heterocycles. The minimum Gasteiger partial charge on any atom is -0.353 e. The van der Waals surface area contributed by atoms with E-state index < -0.39 is 20.6 Å². The smallest absolute Gasteiger partial charge is 0.240 e. The fourth-order valence-electron chi connectivity index (χ4n) is 2.25. The molecule has 1 unspecified atom stereocenters. The minimum atomic E-state index is -2.97. The van der Waals surface area contributed by atoms with Crippen LogP contribution in [0.3, 0.4) is 0 Å². The van der Waals surface area contributed by atoms with E-state index in [-0.39, 0.29) is 18.2 Å². The molecule has 2 rings (SSSR count). The van der Waals surface area contributed by atoms with Gasteiger partial charge in [-0.25, -0.2) is 8.42 Å². The quantitative estimate of drug-likeness (QED) is 0.706. The fourth-order valence-corrected chi connectivity index (χ4v) is 4.02. The molecule has 5 nitrogen and oxygen atoms in total. The summed E-state index contributed by atoms with van der Waals surface area (Å²) in [6.45, 7) is 0.222. The van der Waals surface area contributed by atoms with E-state index >= 15 is 0 Å². The Morgan fingerprint density at radius 2 is 2.06 bits per heavy atom. The monoisotopic (exact) mass is 246 g/mol. The summed E-state index contributed by atoms with van der Waals surface area (Å²) in [5, 5.41) is 2.28. The van der Waals surface area contributed by atoms with Gasteiger partial charge in [0, 0.05) is 6.54 Å². The molecule has 0 aromatic carbocycles. The third kappa shape index (κ3) is 2.08.